The summed E-state index contributed by atoms with van der Waals surface area (Å²) < 4.78 is 0. The van der Waals surface area contributed by atoms with E-state index in [1.807, 2.05) is 43.3 Å². The Morgan fingerprint density at radius 1 is 1.17 bits per heavy atom. The Kier molecular flexibility index (Phi) is 4.87. The molecule has 4 rings (SSSR count). The SMILES string of the molecule is Cc1ccc(NC(=O)N2CCC3=C(C2)SC(C(N)=O)(c2ccccc2N)N3)cc1. The van der Waals surface area contributed by atoms with E-state index in [0.717, 1.165) is 21.9 Å². The number of rotatable bonds is 3. The van der Waals surface area contributed by atoms with Gasteiger partial charge in [0, 0.05) is 40.5 Å². The molecule has 3 amide bonds. The molecule has 150 valence electrons. The predicted octanol–water partition coefficient (Wildman–Crippen LogP) is 2.70. The molecule has 1 unspecified atom stereocenters. The molecule has 2 aromatic rings. The lowest BCUT2D eigenvalue weighted by molar-refractivity contribution is -0.121. The molecule has 2 aliphatic heterocycles. The van der Waals surface area contributed by atoms with Crippen LogP contribution >= 0.6 is 11.8 Å². The second kappa shape index (κ2) is 7.36. The fourth-order valence-corrected chi connectivity index (χ4v) is 5.02. The van der Waals surface area contributed by atoms with Crippen LogP contribution in [0.3, 0.4) is 0 Å². The summed E-state index contributed by atoms with van der Waals surface area (Å²) in [5, 5.41) is 6.23. The number of carbonyl (C=O) groups is 2. The number of thioether (sulfide) groups is 1. The van der Waals surface area contributed by atoms with E-state index in [0.29, 0.717) is 30.8 Å². The number of amides is 3. The third-order valence-corrected chi connectivity index (χ3v) is 6.63. The summed E-state index contributed by atoms with van der Waals surface area (Å²) in [6.45, 7) is 2.95. The highest BCUT2D eigenvalue weighted by atomic mass is 32.2. The third-order valence-electron chi connectivity index (χ3n) is 5.18. The molecular formula is C21H23N5O2S. The van der Waals surface area contributed by atoms with Crippen LogP contribution in [0.5, 0.6) is 0 Å². The maximum atomic E-state index is 12.7. The first-order chi connectivity index (χ1) is 13.9. The van der Waals surface area contributed by atoms with Crippen LogP contribution in [0.1, 0.15) is 17.5 Å². The van der Waals surface area contributed by atoms with Gasteiger partial charge in [0.1, 0.15) is 0 Å². The summed E-state index contributed by atoms with van der Waals surface area (Å²) in [5.41, 5.74) is 15.9. The largest absolute Gasteiger partial charge is 0.398 e. The molecule has 0 fully saturated rings. The summed E-state index contributed by atoms with van der Waals surface area (Å²) in [6, 6.07) is 14.7. The van der Waals surface area contributed by atoms with Crippen LogP contribution in [-0.4, -0.2) is 29.9 Å². The van der Waals surface area contributed by atoms with E-state index in [-0.39, 0.29) is 6.03 Å². The first-order valence-electron chi connectivity index (χ1n) is 9.36. The maximum absolute atomic E-state index is 12.7. The van der Waals surface area contributed by atoms with Gasteiger partial charge in [-0.25, -0.2) is 4.79 Å². The quantitative estimate of drug-likeness (QED) is 0.582. The lowest BCUT2D eigenvalue weighted by atomic mass is 10.0. The van der Waals surface area contributed by atoms with Crippen LogP contribution in [0.15, 0.2) is 59.1 Å². The van der Waals surface area contributed by atoms with E-state index in [2.05, 4.69) is 10.6 Å². The topological polar surface area (TPSA) is 113 Å². The highest BCUT2D eigenvalue weighted by molar-refractivity contribution is 8.05. The van der Waals surface area contributed by atoms with Gasteiger partial charge in [0.05, 0.1) is 6.54 Å². The third kappa shape index (κ3) is 3.51. The van der Waals surface area contributed by atoms with Crippen LogP contribution in [0.4, 0.5) is 16.2 Å². The van der Waals surface area contributed by atoms with Gasteiger partial charge in [-0.3, -0.25) is 4.79 Å². The smallest absolute Gasteiger partial charge is 0.322 e. The molecule has 1 atom stereocenters. The second-order valence-corrected chi connectivity index (χ2v) is 8.54. The van der Waals surface area contributed by atoms with Gasteiger partial charge in [0.15, 0.2) is 4.87 Å². The fraction of sp³-hybridized carbons (Fsp3) is 0.238. The van der Waals surface area contributed by atoms with E-state index < -0.39 is 10.8 Å². The predicted molar refractivity (Wildman–Crippen MR) is 116 cm³/mol. The average molecular weight is 410 g/mol. The van der Waals surface area contributed by atoms with Crippen molar-refractivity contribution in [2.24, 2.45) is 5.73 Å². The van der Waals surface area contributed by atoms with Crippen molar-refractivity contribution in [1.29, 1.82) is 0 Å². The number of aryl methyl sites for hydroxylation is 1. The summed E-state index contributed by atoms with van der Waals surface area (Å²) in [6.07, 6.45) is 0.616. The molecule has 2 heterocycles. The highest BCUT2D eigenvalue weighted by Gasteiger charge is 2.48. The second-order valence-electron chi connectivity index (χ2n) is 7.23. The normalized spacial score (nSPS) is 20.8. The molecule has 2 aromatic carbocycles. The van der Waals surface area contributed by atoms with Gasteiger partial charge in [0.25, 0.3) is 5.91 Å². The van der Waals surface area contributed by atoms with E-state index >= 15 is 0 Å². The Hall–Kier alpha value is -3.13. The Labute approximate surface area is 173 Å². The number of hydrogen-bond acceptors (Lipinski definition) is 5. The molecule has 7 nitrogen and oxygen atoms in total. The zero-order chi connectivity index (χ0) is 20.6. The number of benzene rings is 2. The van der Waals surface area contributed by atoms with Gasteiger partial charge in [0.2, 0.25) is 0 Å². The Morgan fingerprint density at radius 3 is 2.59 bits per heavy atom. The van der Waals surface area contributed by atoms with Crippen LogP contribution in [0.25, 0.3) is 0 Å². The van der Waals surface area contributed by atoms with Crippen LogP contribution in [-0.2, 0) is 9.67 Å². The van der Waals surface area contributed by atoms with Crippen molar-refractivity contribution in [3.63, 3.8) is 0 Å². The number of para-hydroxylation sites is 1. The minimum atomic E-state index is -1.15. The number of urea groups is 1. The molecule has 0 saturated heterocycles. The van der Waals surface area contributed by atoms with E-state index in [1.54, 1.807) is 17.0 Å². The first kappa shape index (κ1) is 19.2. The summed E-state index contributed by atoms with van der Waals surface area (Å²) in [4.78, 5) is 26.7. The van der Waals surface area contributed by atoms with Crippen molar-refractivity contribution in [2.75, 3.05) is 24.1 Å². The Balaban J connectivity index is 1.52. The monoisotopic (exact) mass is 409 g/mol. The lowest BCUT2D eigenvalue weighted by Crippen LogP contribution is -2.47. The van der Waals surface area contributed by atoms with Crippen LogP contribution in [0, 0.1) is 6.92 Å². The van der Waals surface area contributed by atoms with Crippen molar-refractivity contribution in [3.05, 3.63) is 70.3 Å². The van der Waals surface area contributed by atoms with E-state index in [9.17, 15) is 9.59 Å². The van der Waals surface area contributed by atoms with Gasteiger partial charge >= 0.3 is 6.03 Å². The lowest BCUT2D eigenvalue weighted by Gasteiger charge is -2.28. The van der Waals surface area contributed by atoms with Gasteiger partial charge < -0.3 is 27.0 Å². The van der Waals surface area contributed by atoms with Crippen LogP contribution < -0.4 is 22.1 Å². The van der Waals surface area contributed by atoms with E-state index in [4.69, 9.17) is 11.5 Å². The maximum Gasteiger partial charge on any atom is 0.322 e. The molecule has 0 saturated carbocycles. The van der Waals surface area contributed by atoms with Gasteiger partial charge in [-0.1, -0.05) is 47.7 Å². The number of anilines is 2. The minimum absolute atomic E-state index is 0.170. The number of nitrogens with two attached hydrogens (primary N) is 2. The van der Waals surface area contributed by atoms with Gasteiger partial charge in [-0.05, 0) is 25.1 Å². The van der Waals surface area contributed by atoms with Crippen molar-refractivity contribution in [3.8, 4) is 0 Å². The number of nitrogens with zero attached hydrogens (tertiary/aromatic N) is 1. The number of carbonyl (C=O) groups excluding carboxylic acids is 2. The van der Waals surface area contributed by atoms with Gasteiger partial charge in [-0.2, -0.15) is 0 Å². The molecular weight excluding hydrogens is 386 g/mol. The summed E-state index contributed by atoms with van der Waals surface area (Å²) in [7, 11) is 0. The zero-order valence-corrected chi connectivity index (χ0v) is 16.9. The van der Waals surface area contributed by atoms with Crippen LogP contribution in [0.2, 0.25) is 0 Å². The Morgan fingerprint density at radius 2 is 1.90 bits per heavy atom. The molecule has 0 bridgehead atoms. The van der Waals surface area contributed by atoms with Crippen molar-refractivity contribution >= 4 is 35.1 Å². The molecule has 0 aliphatic carbocycles. The summed E-state index contributed by atoms with van der Waals surface area (Å²) >= 11 is 1.34. The summed E-state index contributed by atoms with van der Waals surface area (Å²) in [5.74, 6) is -0.509. The molecule has 6 N–H and O–H groups in total. The average Bonchev–Trinajstić information content (AvgIpc) is 3.10. The fourth-order valence-electron chi connectivity index (χ4n) is 3.58. The molecule has 2 aliphatic rings. The molecule has 8 heteroatoms. The van der Waals surface area contributed by atoms with Crippen molar-refractivity contribution < 1.29 is 9.59 Å². The molecule has 0 spiro atoms. The molecule has 0 aromatic heterocycles. The molecule has 0 radical (unpaired) electrons. The minimum Gasteiger partial charge on any atom is -0.398 e. The number of nitrogens with one attached hydrogen (secondary N) is 2. The number of hydrogen-bond donors (Lipinski definition) is 4. The molecule has 29 heavy (non-hydrogen) atoms. The number of primary amides is 1. The van der Waals surface area contributed by atoms with E-state index in [1.165, 1.54) is 11.8 Å². The standard InChI is InChI=1S/C21H23N5O2S/c1-13-6-8-14(9-7-13)24-20(28)26-11-10-17-18(12-26)29-21(25-17,19(23)27)15-4-2-3-5-16(15)22/h2-9,25H,10-12,22H2,1H3,(H2,23,27)(H,24,28). The van der Waals surface area contributed by atoms with Crippen molar-refractivity contribution in [1.82, 2.24) is 10.2 Å². The Bertz CT molecular complexity index is 1000. The van der Waals surface area contributed by atoms with Gasteiger partial charge in [-0.15, -0.1) is 0 Å². The van der Waals surface area contributed by atoms with Crippen molar-refractivity contribution in [2.45, 2.75) is 18.2 Å². The number of nitrogen functional groups attached to an aromatic ring is 1. The zero-order valence-electron chi connectivity index (χ0n) is 16.1. The highest BCUT2D eigenvalue weighted by Crippen LogP contribution is 2.49. The first-order valence-corrected chi connectivity index (χ1v) is 10.2.